The molecule has 3 aromatic rings. The number of allylic oxidation sites excluding steroid dienone is 2. The number of unbranched alkanes of at least 4 members (excludes halogenated alkanes) is 1. The molecule has 20 nitrogen and oxygen atoms in total. The predicted octanol–water partition coefficient (Wildman–Crippen LogP) is 3.29. The van der Waals surface area contributed by atoms with Gasteiger partial charge in [-0.25, -0.2) is 0 Å². The maximum atomic E-state index is 14.3. The second-order valence-corrected chi connectivity index (χ2v) is 20.5. The van der Waals surface area contributed by atoms with Crippen molar-refractivity contribution in [1.82, 2.24) is 10.2 Å². The zero-order valence-electron chi connectivity index (χ0n) is 43.6. The number of imide groups is 1. The topological polar surface area (TPSA) is 318 Å². The summed E-state index contributed by atoms with van der Waals surface area (Å²) in [6.07, 6.45) is 3.08. The molecule has 20 heteroatoms. The molecule has 7 atom stereocenters. The van der Waals surface area contributed by atoms with Crippen molar-refractivity contribution in [3.8, 4) is 29.4 Å². The molecular formula is C59H59N5O15. The van der Waals surface area contributed by atoms with Gasteiger partial charge in [0.2, 0.25) is 17.7 Å². The lowest BCUT2D eigenvalue weighted by molar-refractivity contribution is -0.146. The van der Waals surface area contributed by atoms with Crippen LogP contribution >= 0.6 is 0 Å². The zero-order chi connectivity index (χ0) is 56.9. The predicted molar refractivity (Wildman–Crippen MR) is 282 cm³/mol. The van der Waals surface area contributed by atoms with Crippen LogP contribution in [-0.4, -0.2) is 115 Å². The molecule has 3 aliphatic heterocycles. The van der Waals surface area contributed by atoms with Crippen molar-refractivity contribution in [2.45, 2.75) is 127 Å². The van der Waals surface area contributed by atoms with Crippen molar-refractivity contribution in [1.29, 1.82) is 0 Å². The number of benzene rings is 3. The molecule has 1 saturated heterocycles. The van der Waals surface area contributed by atoms with Gasteiger partial charge in [0.25, 0.3) is 11.8 Å². The summed E-state index contributed by atoms with van der Waals surface area (Å²) in [4.78, 5) is 131. The molecule has 5 aliphatic rings. The van der Waals surface area contributed by atoms with Gasteiger partial charge in [-0.05, 0) is 79.6 Å². The Morgan fingerprint density at radius 3 is 2.20 bits per heavy atom. The number of aliphatic hydroxyl groups excluding tert-OH is 2. The third kappa shape index (κ3) is 11.7. The van der Waals surface area contributed by atoms with Gasteiger partial charge in [-0.2, -0.15) is 0 Å². The summed E-state index contributed by atoms with van der Waals surface area (Å²) in [7, 11) is 0. The number of epoxide rings is 1. The Morgan fingerprint density at radius 1 is 0.835 bits per heavy atom. The van der Waals surface area contributed by atoms with Gasteiger partial charge in [-0.15, -0.1) is 0 Å². The number of esters is 1. The lowest BCUT2D eigenvalue weighted by Crippen LogP contribution is -2.54. The van der Waals surface area contributed by atoms with E-state index in [1.165, 1.54) is 55.5 Å². The molecular weight excluding hydrogens is 1020 g/mol. The number of carbonyl (C=O) groups is 10. The molecule has 2 aliphatic carbocycles. The van der Waals surface area contributed by atoms with Gasteiger partial charge in [0.05, 0.1) is 35.4 Å². The molecule has 3 heterocycles. The van der Waals surface area contributed by atoms with Crippen molar-refractivity contribution < 1.29 is 72.7 Å². The molecule has 0 unspecified atom stereocenters. The Kier molecular flexibility index (Phi) is 16.9. The molecule has 410 valence electrons. The standard InChI is InChI=1S/C59H59N5O15/c1-32(2)39(29-37(66)11-10-26-64-49(72)23-24-50(64)73)57(77)62-42(12-8-9-15-47(60)70)43(67)27-34-16-18-35(19-17-34)31-78-51(74)25-22-48(71)61-36-20-21-38-40(28-36)56(76)52-44(68)30-41-54(53(52)55(38)75)63-45-13-6-4-5-7-14-46(69)59(41)58(45,79-59)33(3)65/h4-5,16-21,23-24,28,30,32-33,39,42,45-46,63,65,68-69H,8-12,15,22,25-27,29,31H2,1-3H3,(H2,60,70)(H,61,71)(H,62,77)/b5-4-/t33-,39+,42+,45+,46-,58+,59+/m1/s1. The van der Waals surface area contributed by atoms with Gasteiger partial charge in [-0.1, -0.05) is 68.2 Å². The minimum absolute atomic E-state index is 0.0384. The third-order valence-corrected chi connectivity index (χ3v) is 14.8. The number of ketones is 4. The number of nitrogens with one attached hydrogen (secondary N) is 3. The van der Waals surface area contributed by atoms with E-state index in [9.17, 15) is 63.3 Å². The van der Waals surface area contributed by atoms with E-state index in [2.05, 4.69) is 39.6 Å². The van der Waals surface area contributed by atoms with E-state index in [4.69, 9.17) is 15.2 Å². The first-order chi connectivity index (χ1) is 37.7. The van der Waals surface area contributed by atoms with E-state index in [0.29, 0.717) is 24.0 Å². The van der Waals surface area contributed by atoms with Gasteiger partial charge in [-0.3, -0.25) is 52.8 Å². The van der Waals surface area contributed by atoms with Crippen molar-refractivity contribution in [3.05, 3.63) is 112 Å². The van der Waals surface area contributed by atoms with Crippen molar-refractivity contribution in [3.63, 3.8) is 0 Å². The normalized spacial score (nSPS) is 21.5. The van der Waals surface area contributed by atoms with Gasteiger partial charge < -0.3 is 46.5 Å². The fourth-order valence-electron chi connectivity index (χ4n) is 10.6. The Bertz CT molecular complexity index is 3250. The quantitative estimate of drug-likeness (QED) is 0.0132. The molecule has 0 spiro atoms. The number of aliphatic hydroxyl groups is 2. The molecule has 0 saturated carbocycles. The van der Waals surface area contributed by atoms with Crippen molar-refractivity contribution in [2.24, 2.45) is 17.6 Å². The van der Waals surface area contributed by atoms with Crippen LogP contribution in [0.15, 0.2) is 72.8 Å². The number of primary amides is 1. The highest BCUT2D eigenvalue weighted by Crippen LogP contribution is 2.67. The van der Waals surface area contributed by atoms with E-state index in [-0.39, 0.29) is 121 Å². The first kappa shape index (κ1) is 56.6. The maximum absolute atomic E-state index is 14.3. The van der Waals surface area contributed by atoms with Crippen LogP contribution in [0.2, 0.25) is 0 Å². The number of Topliss-reactive ketones (excluding diaryl/α,β-unsaturated/α-hetero) is 2. The van der Waals surface area contributed by atoms with E-state index in [1.807, 2.05) is 0 Å². The van der Waals surface area contributed by atoms with Crippen LogP contribution in [0.5, 0.6) is 5.75 Å². The van der Waals surface area contributed by atoms with Gasteiger partial charge >= 0.3 is 5.97 Å². The summed E-state index contributed by atoms with van der Waals surface area (Å²) in [5.41, 5.74) is 2.87. The number of ether oxygens (including phenoxy) is 2. The van der Waals surface area contributed by atoms with Crippen molar-refractivity contribution in [2.75, 3.05) is 17.2 Å². The molecule has 0 radical (unpaired) electrons. The molecule has 2 bridgehead atoms. The van der Waals surface area contributed by atoms with E-state index < -0.39 is 94.2 Å². The number of phenols is 1. The summed E-state index contributed by atoms with van der Waals surface area (Å²) >= 11 is 0. The van der Waals surface area contributed by atoms with Crippen LogP contribution in [0.3, 0.4) is 0 Å². The lowest BCUT2D eigenvalue weighted by atomic mass is 9.69. The Hall–Kier alpha value is -8.56. The van der Waals surface area contributed by atoms with Crippen LogP contribution in [0, 0.1) is 35.5 Å². The van der Waals surface area contributed by atoms with Gasteiger partial charge in [0.1, 0.15) is 24.2 Å². The van der Waals surface area contributed by atoms with Crippen LogP contribution in [0.25, 0.3) is 0 Å². The van der Waals surface area contributed by atoms with Crippen LogP contribution in [-0.2, 0) is 66.5 Å². The number of anilines is 2. The molecule has 1 fully saturated rings. The SMILES string of the molecule is CC(C)[C@H](CC(=O)CCCN1C(=O)C=CC1=O)C(=O)N[C@@H](CCCCC(N)=O)C(=O)Cc1ccc(COC(=O)CCC(=O)Nc2ccc3c(c2)C(=O)c2c(O)cc4c(c2C3=O)N[C@H]2C#C/C=C\C#C[C@@H](O)[C@@]43O[C@@]23[C@@H](C)O)cc1. The van der Waals surface area contributed by atoms with Crippen LogP contribution in [0.1, 0.15) is 127 Å². The van der Waals surface area contributed by atoms with E-state index >= 15 is 0 Å². The number of carbonyl (C=O) groups excluding carboxylic acids is 10. The summed E-state index contributed by atoms with van der Waals surface area (Å²) in [6, 6.07) is 9.98. The number of phenolic OH excluding ortho intramolecular Hbond substituents is 1. The number of hydrogen-bond donors (Lipinski definition) is 7. The zero-order valence-corrected chi connectivity index (χ0v) is 43.6. The molecule has 0 aromatic heterocycles. The first-order valence-electron chi connectivity index (χ1n) is 26.0. The number of amides is 5. The highest BCUT2D eigenvalue weighted by molar-refractivity contribution is 6.31. The minimum Gasteiger partial charge on any atom is -0.507 e. The van der Waals surface area contributed by atoms with E-state index in [1.54, 1.807) is 38.1 Å². The second-order valence-electron chi connectivity index (χ2n) is 20.5. The van der Waals surface area contributed by atoms with Crippen LogP contribution < -0.4 is 21.7 Å². The summed E-state index contributed by atoms with van der Waals surface area (Å²) in [5, 5.41) is 42.5. The fourth-order valence-corrected chi connectivity index (χ4v) is 10.6. The first-order valence-corrected chi connectivity index (χ1v) is 26.0. The number of nitrogens with two attached hydrogens (primary N) is 1. The van der Waals surface area contributed by atoms with Crippen LogP contribution in [0.4, 0.5) is 11.4 Å². The number of aromatic hydroxyl groups is 1. The highest BCUT2D eigenvalue weighted by atomic mass is 16.7. The second kappa shape index (κ2) is 23.6. The lowest BCUT2D eigenvalue weighted by Gasteiger charge is -2.37. The molecule has 3 aromatic carbocycles. The number of fused-ring (bicyclic) bond motifs is 4. The molecule has 8 N–H and O–H groups in total. The number of rotatable bonds is 24. The molecule has 5 amide bonds. The monoisotopic (exact) mass is 1080 g/mol. The summed E-state index contributed by atoms with van der Waals surface area (Å²) in [5.74, 6) is 4.45. The molecule has 8 rings (SSSR count). The minimum atomic E-state index is -1.73. The Balaban J connectivity index is 0.835. The van der Waals surface area contributed by atoms with Gasteiger partial charge in [0, 0.05) is 79.1 Å². The average Bonchev–Trinajstić information content (AvgIpc) is 1.93. The smallest absolute Gasteiger partial charge is 0.306 e. The third-order valence-electron chi connectivity index (χ3n) is 14.8. The Morgan fingerprint density at radius 2 is 1.52 bits per heavy atom. The number of hydrogen-bond acceptors (Lipinski definition) is 16. The highest BCUT2D eigenvalue weighted by Gasteiger charge is 2.82. The summed E-state index contributed by atoms with van der Waals surface area (Å²) in [6.45, 7) is 4.96. The Labute approximate surface area is 454 Å². The summed E-state index contributed by atoms with van der Waals surface area (Å²) < 4.78 is 11.6. The number of nitrogens with zero attached hydrogens (tertiary/aromatic N) is 1. The maximum Gasteiger partial charge on any atom is 0.306 e. The average molecular weight is 1080 g/mol. The van der Waals surface area contributed by atoms with Gasteiger partial charge in [0.15, 0.2) is 34.7 Å². The van der Waals surface area contributed by atoms with Crippen molar-refractivity contribution >= 4 is 70.0 Å². The van der Waals surface area contributed by atoms with E-state index in [0.717, 1.165) is 4.90 Å². The molecule has 79 heavy (non-hydrogen) atoms. The fraction of sp³-hybridized carbons (Fsp3) is 0.390. The largest absolute Gasteiger partial charge is 0.507 e.